The number of benzene rings is 1. The van der Waals surface area contributed by atoms with Gasteiger partial charge in [0.2, 0.25) is 5.91 Å². The Morgan fingerprint density at radius 1 is 1.37 bits per heavy atom. The third-order valence-corrected chi connectivity index (χ3v) is 2.70. The van der Waals surface area contributed by atoms with Crippen molar-refractivity contribution in [2.75, 3.05) is 20.1 Å². The second-order valence-electron chi connectivity index (χ2n) is 4.60. The molecular formula is C14H22ClFN2O. The average molecular weight is 289 g/mol. The molecule has 0 bridgehead atoms. The number of nitrogens with one attached hydrogen (secondary N) is 2. The van der Waals surface area contributed by atoms with Crippen LogP contribution in [0.2, 0.25) is 0 Å². The number of halogens is 2. The van der Waals surface area contributed by atoms with E-state index in [1.807, 2.05) is 20.0 Å². The van der Waals surface area contributed by atoms with Gasteiger partial charge in [0.1, 0.15) is 5.82 Å². The standard InChI is InChI=1S/C14H21FN2O.ClH/c1-11(9-14(18)17-7-6-16-2)8-12-4-3-5-13(15)10-12;/h3-5,10-11,16H,6-9H2,1-2H3,(H,17,18);1H. The Balaban J connectivity index is 0.00000324. The van der Waals surface area contributed by atoms with Gasteiger partial charge in [0, 0.05) is 19.5 Å². The van der Waals surface area contributed by atoms with Crippen molar-refractivity contribution in [2.24, 2.45) is 5.92 Å². The Hall–Kier alpha value is -1.13. The van der Waals surface area contributed by atoms with E-state index in [1.54, 1.807) is 6.07 Å². The van der Waals surface area contributed by atoms with Gasteiger partial charge in [0.25, 0.3) is 0 Å². The molecule has 0 aliphatic carbocycles. The summed E-state index contributed by atoms with van der Waals surface area (Å²) in [5.41, 5.74) is 0.936. The molecule has 0 heterocycles. The molecule has 0 spiro atoms. The van der Waals surface area contributed by atoms with Crippen LogP contribution < -0.4 is 10.6 Å². The van der Waals surface area contributed by atoms with Crippen molar-refractivity contribution < 1.29 is 9.18 Å². The summed E-state index contributed by atoms with van der Waals surface area (Å²) in [5, 5.41) is 5.80. The Morgan fingerprint density at radius 2 is 2.11 bits per heavy atom. The predicted octanol–water partition coefficient (Wildman–Crippen LogP) is 2.15. The van der Waals surface area contributed by atoms with Crippen molar-refractivity contribution in [3.63, 3.8) is 0 Å². The van der Waals surface area contributed by atoms with Gasteiger partial charge in [-0.15, -0.1) is 12.4 Å². The van der Waals surface area contributed by atoms with Crippen LogP contribution in [0.1, 0.15) is 18.9 Å². The lowest BCUT2D eigenvalue weighted by Gasteiger charge is -2.11. The van der Waals surface area contributed by atoms with Crippen molar-refractivity contribution in [1.29, 1.82) is 0 Å². The lowest BCUT2D eigenvalue weighted by molar-refractivity contribution is -0.121. The summed E-state index contributed by atoms with van der Waals surface area (Å²) >= 11 is 0. The summed E-state index contributed by atoms with van der Waals surface area (Å²) in [6, 6.07) is 6.54. The Bertz CT molecular complexity index is 387. The molecule has 0 saturated carbocycles. The number of amides is 1. The number of hydrogen-bond acceptors (Lipinski definition) is 2. The molecule has 1 aromatic rings. The van der Waals surface area contributed by atoms with Crippen LogP contribution >= 0.6 is 12.4 Å². The second-order valence-corrected chi connectivity index (χ2v) is 4.60. The largest absolute Gasteiger partial charge is 0.355 e. The van der Waals surface area contributed by atoms with Gasteiger partial charge in [0.15, 0.2) is 0 Å². The first-order valence-corrected chi connectivity index (χ1v) is 6.27. The molecule has 0 radical (unpaired) electrons. The minimum atomic E-state index is -0.224. The van der Waals surface area contributed by atoms with Gasteiger partial charge in [-0.25, -0.2) is 4.39 Å². The van der Waals surface area contributed by atoms with Gasteiger partial charge in [-0.3, -0.25) is 4.79 Å². The normalized spacial score (nSPS) is 11.5. The summed E-state index contributed by atoms with van der Waals surface area (Å²) < 4.78 is 13.0. The first-order valence-electron chi connectivity index (χ1n) is 6.27. The van der Waals surface area contributed by atoms with E-state index in [0.717, 1.165) is 18.5 Å². The van der Waals surface area contributed by atoms with Gasteiger partial charge in [-0.05, 0) is 37.1 Å². The molecule has 19 heavy (non-hydrogen) atoms. The zero-order chi connectivity index (χ0) is 13.4. The van der Waals surface area contributed by atoms with Gasteiger partial charge < -0.3 is 10.6 Å². The van der Waals surface area contributed by atoms with Gasteiger partial charge >= 0.3 is 0 Å². The van der Waals surface area contributed by atoms with E-state index in [2.05, 4.69) is 10.6 Å². The van der Waals surface area contributed by atoms with Crippen LogP contribution in [0.15, 0.2) is 24.3 Å². The molecule has 108 valence electrons. The third-order valence-electron chi connectivity index (χ3n) is 2.70. The summed E-state index contributed by atoms with van der Waals surface area (Å²) in [5.74, 6) is 0.0358. The number of carbonyl (C=O) groups is 1. The van der Waals surface area contributed by atoms with Crippen LogP contribution in [0, 0.1) is 11.7 Å². The molecule has 2 N–H and O–H groups in total. The van der Waals surface area contributed by atoms with E-state index in [-0.39, 0.29) is 30.0 Å². The smallest absolute Gasteiger partial charge is 0.220 e. The molecule has 0 aliphatic rings. The predicted molar refractivity (Wildman–Crippen MR) is 78.1 cm³/mol. The molecule has 1 amide bonds. The maximum absolute atomic E-state index is 13.0. The van der Waals surface area contributed by atoms with Gasteiger partial charge in [0.05, 0.1) is 0 Å². The highest BCUT2D eigenvalue weighted by Gasteiger charge is 2.09. The quantitative estimate of drug-likeness (QED) is 0.755. The highest BCUT2D eigenvalue weighted by Crippen LogP contribution is 2.12. The van der Waals surface area contributed by atoms with Crippen LogP contribution in [0.4, 0.5) is 4.39 Å². The topological polar surface area (TPSA) is 41.1 Å². The Labute approximate surface area is 120 Å². The monoisotopic (exact) mass is 288 g/mol. The molecule has 5 heteroatoms. The first kappa shape index (κ1) is 17.9. The van der Waals surface area contributed by atoms with Crippen molar-refractivity contribution in [1.82, 2.24) is 10.6 Å². The van der Waals surface area contributed by atoms with Crippen molar-refractivity contribution in [3.05, 3.63) is 35.6 Å². The zero-order valence-corrected chi connectivity index (χ0v) is 12.2. The van der Waals surface area contributed by atoms with Crippen molar-refractivity contribution in [2.45, 2.75) is 19.8 Å². The summed E-state index contributed by atoms with van der Waals surface area (Å²) in [6.45, 7) is 3.41. The van der Waals surface area contributed by atoms with Crippen LogP contribution in [0.5, 0.6) is 0 Å². The Morgan fingerprint density at radius 3 is 2.74 bits per heavy atom. The minimum Gasteiger partial charge on any atom is -0.355 e. The summed E-state index contributed by atoms with van der Waals surface area (Å²) in [4.78, 5) is 11.6. The number of likely N-dealkylation sites (N-methyl/N-ethyl adjacent to an activating group) is 1. The summed E-state index contributed by atoms with van der Waals surface area (Å²) in [6.07, 6.45) is 1.19. The maximum atomic E-state index is 13.0. The highest BCUT2D eigenvalue weighted by molar-refractivity contribution is 5.85. The molecule has 0 aliphatic heterocycles. The molecule has 1 aromatic carbocycles. The Kier molecular flexibility index (Phi) is 9.17. The van der Waals surface area contributed by atoms with E-state index in [9.17, 15) is 9.18 Å². The molecule has 0 saturated heterocycles. The van der Waals surface area contributed by atoms with Crippen LogP contribution in [-0.4, -0.2) is 26.0 Å². The molecule has 1 rings (SSSR count). The summed E-state index contributed by atoms with van der Waals surface area (Å²) in [7, 11) is 1.85. The number of hydrogen-bond donors (Lipinski definition) is 2. The van der Waals surface area contributed by atoms with Gasteiger partial charge in [-0.2, -0.15) is 0 Å². The molecule has 3 nitrogen and oxygen atoms in total. The van der Waals surface area contributed by atoms with E-state index in [1.165, 1.54) is 12.1 Å². The molecular weight excluding hydrogens is 267 g/mol. The molecule has 1 unspecified atom stereocenters. The van der Waals surface area contributed by atoms with Crippen LogP contribution in [-0.2, 0) is 11.2 Å². The molecule has 0 aromatic heterocycles. The SMILES string of the molecule is CNCCNC(=O)CC(C)Cc1cccc(F)c1.Cl. The second kappa shape index (κ2) is 9.75. The van der Waals surface area contributed by atoms with E-state index in [0.29, 0.717) is 13.0 Å². The lowest BCUT2D eigenvalue weighted by atomic mass is 9.98. The maximum Gasteiger partial charge on any atom is 0.220 e. The van der Waals surface area contributed by atoms with E-state index < -0.39 is 0 Å². The zero-order valence-electron chi connectivity index (χ0n) is 11.4. The lowest BCUT2D eigenvalue weighted by Crippen LogP contribution is -2.31. The molecule has 1 atom stereocenters. The van der Waals surface area contributed by atoms with Crippen molar-refractivity contribution >= 4 is 18.3 Å². The third kappa shape index (κ3) is 7.80. The average Bonchev–Trinajstić information content (AvgIpc) is 2.29. The fourth-order valence-electron chi connectivity index (χ4n) is 1.85. The van der Waals surface area contributed by atoms with Crippen molar-refractivity contribution in [3.8, 4) is 0 Å². The van der Waals surface area contributed by atoms with Crippen LogP contribution in [0.25, 0.3) is 0 Å². The number of rotatable bonds is 7. The fourth-order valence-corrected chi connectivity index (χ4v) is 1.85. The highest BCUT2D eigenvalue weighted by atomic mass is 35.5. The van der Waals surface area contributed by atoms with Crippen LogP contribution in [0.3, 0.4) is 0 Å². The fraction of sp³-hybridized carbons (Fsp3) is 0.500. The van der Waals surface area contributed by atoms with Gasteiger partial charge in [-0.1, -0.05) is 19.1 Å². The van der Waals surface area contributed by atoms with E-state index >= 15 is 0 Å². The molecule has 0 fully saturated rings. The first-order chi connectivity index (χ1) is 8.61. The minimum absolute atomic E-state index is 0. The number of carbonyl (C=O) groups excluding carboxylic acids is 1. The van der Waals surface area contributed by atoms with E-state index in [4.69, 9.17) is 0 Å².